The molecule has 5 nitrogen and oxygen atoms in total. The number of hydrogen-bond donors (Lipinski definition) is 1. The van der Waals surface area contributed by atoms with Crippen molar-refractivity contribution >= 4 is 5.91 Å². The minimum absolute atomic E-state index is 0.0857. The molecule has 110 valence electrons. The molecule has 0 radical (unpaired) electrons. The van der Waals surface area contributed by atoms with Gasteiger partial charge in [0.2, 0.25) is 0 Å². The Morgan fingerprint density at radius 3 is 2.60 bits per heavy atom. The third-order valence-electron chi connectivity index (χ3n) is 3.54. The van der Waals surface area contributed by atoms with Crippen molar-refractivity contribution in [3.8, 4) is 11.5 Å². The number of rotatable bonds is 5. The lowest BCUT2D eigenvalue weighted by molar-refractivity contribution is 0.0642. The number of hydrogen-bond acceptors (Lipinski definition) is 4. The van der Waals surface area contributed by atoms with E-state index in [-0.39, 0.29) is 5.91 Å². The quantitative estimate of drug-likeness (QED) is 0.894. The molecule has 0 aliphatic carbocycles. The van der Waals surface area contributed by atoms with E-state index in [1.807, 2.05) is 0 Å². The standard InChI is InChI=1S/C15H21NO4/c1-18-13-4-3-12(9-14(13)19-2)15(17)16-10-11-5-7-20-8-6-11/h3-4,9,11H,5-8,10H2,1-2H3,(H,16,17). The molecule has 5 heteroatoms. The summed E-state index contributed by atoms with van der Waals surface area (Å²) in [5.74, 6) is 1.60. The second kappa shape index (κ2) is 7.14. The molecular weight excluding hydrogens is 258 g/mol. The van der Waals surface area contributed by atoms with Crippen LogP contribution in [-0.4, -0.2) is 39.9 Å². The van der Waals surface area contributed by atoms with Gasteiger partial charge in [0, 0.05) is 25.3 Å². The maximum atomic E-state index is 12.1. The Bertz CT molecular complexity index is 455. The minimum atomic E-state index is -0.0857. The fourth-order valence-electron chi connectivity index (χ4n) is 2.27. The highest BCUT2D eigenvalue weighted by atomic mass is 16.5. The van der Waals surface area contributed by atoms with Gasteiger partial charge in [0.15, 0.2) is 11.5 Å². The van der Waals surface area contributed by atoms with Crippen LogP contribution in [0.5, 0.6) is 11.5 Å². The van der Waals surface area contributed by atoms with E-state index in [2.05, 4.69) is 5.32 Å². The highest BCUT2D eigenvalue weighted by Gasteiger charge is 2.16. The Hall–Kier alpha value is -1.75. The molecular formula is C15H21NO4. The third kappa shape index (κ3) is 3.63. The summed E-state index contributed by atoms with van der Waals surface area (Å²) < 4.78 is 15.7. The van der Waals surface area contributed by atoms with Crippen molar-refractivity contribution in [3.63, 3.8) is 0 Å². The number of nitrogens with one attached hydrogen (secondary N) is 1. The van der Waals surface area contributed by atoms with E-state index >= 15 is 0 Å². The van der Waals surface area contributed by atoms with E-state index in [4.69, 9.17) is 14.2 Å². The van der Waals surface area contributed by atoms with E-state index in [0.29, 0.717) is 29.5 Å². The van der Waals surface area contributed by atoms with Crippen LogP contribution in [-0.2, 0) is 4.74 Å². The van der Waals surface area contributed by atoms with Gasteiger partial charge in [0.25, 0.3) is 5.91 Å². The molecule has 1 aromatic rings. The highest BCUT2D eigenvalue weighted by Crippen LogP contribution is 2.27. The molecule has 0 spiro atoms. The average Bonchev–Trinajstić information content (AvgIpc) is 2.52. The Morgan fingerprint density at radius 2 is 1.95 bits per heavy atom. The molecule has 1 heterocycles. The van der Waals surface area contributed by atoms with E-state index < -0.39 is 0 Å². The average molecular weight is 279 g/mol. The van der Waals surface area contributed by atoms with Crippen molar-refractivity contribution < 1.29 is 19.0 Å². The van der Waals surface area contributed by atoms with Crippen LogP contribution in [0.15, 0.2) is 18.2 Å². The highest BCUT2D eigenvalue weighted by molar-refractivity contribution is 5.94. The lowest BCUT2D eigenvalue weighted by Gasteiger charge is -2.22. The first-order valence-corrected chi connectivity index (χ1v) is 6.82. The molecule has 1 fully saturated rings. The monoisotopic (exact) mass is 279 g/mol. The summed E-state index contributed by atoms with van der Waals surface area (Å²) in [6.07, 6.45) is 2.01. The smallest absolute Gasteiger partial charge is 0.251 e. The topological polar surface area (TPSA) is 56.8 Å². The van der Waals surface area contributed by atoms with Crippen LogP contribution in [0.4, 0.5) is 0 Å². The summed E-state index contributed by atoms with van der Waals surface area (Å²) in [4.78, 5) is 12.1. The summed E-state index contributed by atoms with van der Waals surface area (Å²) >= 11 is 0. The third-order valence-corrected chi connectivity index (χ3v) is 3.54. The number of carbonyl (C=O) groups excluding carboxylic acids is 1. The Kier molecular flexibility index (Phi) is 5.24. The fourth-order valence-corrected chi connectivity index (χ4v) is 2.27. The zero-order valence-corrected chi connectivity index (χ0v) is 12.0. The lowest BCUT2D eigenvalue weighted by Crippen LogP contribution is -2.32. The summed E-state index contributed by atoms with van der Waals surface area (Å²) in [5, 5.41) is 2.97. The Balaban J connectivity index is 1.94. The number of benzene rings is 1. The van der Waals surface area contributed by atoms with Crippen molar-refractivity contribution in [2.24, 2.45) is 5.92 Å². The molecule has 1 N–H and O–H groups in total. The second-order valence-electron chi connectivity index (χ2n) is 4.84. The predicted octanol–water partition coefficient (Wildman–Crippen LogP) is 1.86. The Labute approximate surface area is 119 Å². The van der Waals surface area contributed by atoms with Gasteiger partial charge in [-0.15, -0.1) is 0 Å². The maximum absolute atomic E-state index is 12.1. The van der Waals surface area contributed by atoms with Gasteiger partial charge in [-0.1, -0.05) is 0 Å². The molecule has 0 atom stereocenters. The molecule has 0 saturated carbocycles. The Morgan fingerprint density at radius 1 is 1.25 bits per heavy atom. The largest absolute Gasteiger partial charge is 0.493 e. The molecule has 1 saturated heterocycles. The molecule has 1 aliphatic rings. The van der Waals surface area contributed by atoms with Crippen LogP contribution in [0.3, 0.4) is 0 Å². The zero-order valence-electron chi connectivity index (χ0n) is 12.0. The molecule has 0 bridgehead atoms. The van der Waals surface area contributed by atoms with E-state index in [1.54, 1.807) is 32.4 Å². The number of ether oxygens (including phenoxy) is 3. The first-order valence-electron chi connectivity index (χ1n) is 6.82. The van der Waals surface area contributed by atoms with Crippen molar-refractivity contribution in [1.29, 1.82) is 0 Å². The molecule has 2 rings (SSSR count). The molecule has 0 aromatic heterocycles. The van der Waals surface area contributed by atoms with Crippen LogP contribution in [0.25, 0.3) is 0 Å². The predicted molar refractivity (Wildman–Crippen MR) is 75.4 cm³/mol. The summed E-state index contributed by atoms with van der Waals surface area (Å²) in [6.45, 7) is 2.27. The van der Waals surface area contributed by atoms with Gasteiger partial charge < -0.3 is 19.5 Å². The normalized spacial score (nSPS) is 15.7. The van der Waals surface area contributed by atoms with Gasteiger partial charge in [-0.25, -0.2) is 0 Å². The van der Waals surface area contributed by atoms with Crippen molar-refractivity contribution in [2.75, 3.05) is 34.0 Å². The molecule has 0 unspecified atom stereocenters. The maximum Gasteiger partial charge on any atom is 0.251 e. The molecule has 20 heavy (non-hydrogen) atoms. The summed E-state index contributed by atoms with van der Waals surface area (Å²) in [6, 6.07) is 5.17. The van der Waals surface area contributed by atoms with Crippen LogP contribution in [0.2, 0.25) is 0 Å². The van der Waals surface area contributed by atoms with Crippen molar-refractivity contribution in [3.05, 3.63) is 23.8 Å². The van der Waals surface area contributed by atoms with E-state index in [1.165, 1.54) is 0 Å². The van der Waals surface area contributed by atoms with Gasteiger partial charge in [0.05, 0.1) is 14.2 Å². The first kappa shape index (κ1) is 14.7. The van der Waals surface area contributed by atoms with Crippen LogP contribution in [0.1, 0.15) is 23.2 Å². The molecule has 1 aliphatic heterocycles. The summed E-state index contributed by atoms with van der Waals surface area (Å²) in [7, 11) is 3.13. The number of methoxy groups -OCH3 is 2. The van der Waals surface area contributed by atoms with Crippen LogP contribution < -0.4 is 14.8 Å². The molecule has 1 aromatic carbocycles. The number of amides is 1. The van der Waals surface area contributed by atoms with Gasteiger partial charge in [-0.2, -0.15) is 0 Å². The second-order valence-corrected chi connectivity index (χ2v) is 4.84. The molecule has 1 amide bonds. The van der Waals surface area contributed by atoms with Crippen molar-refractivity contribution in [2.45, 2.75) is 12.8 Å². The zero-order chi connectivity index (χ0) is 14.4. The first-order chi connectivity index (χ1) is 9.74. The van der Waals surface area contributed by atoms with Gasteiger partial charge in [-0.3, -0.25) is 4.79 Å². The van der Waals surface area contributed by atoms with Gasteiger partial charge in [0.1, 0.15) is 0 Å². The van der Waals surface area contributed by atoms with E-state index in [0.717, 1.165) is 26.1 Å². The number of carbonyl (C=O) groups is 1. The SMILES string of the molecule is COc1ccc(C(=O)NCC2CCOCC2)cc1OC. The van der Waals surface area contributed by atoms with E-state index in [9.17, 15) is 4.79 Å². The fraction of sp³-hybridized carbons (Fsp3) is 0.533. The van der Waals surface area contributed by atoms with Crippen LogP contribution >= 0.6 is 0 Å². The van der Waals surface area contributed by atoms with Crippen LogP contribution in [0, 0.1) is 5.92 Å². The van der Waals surface area contributed by atoms with Gasteiger partial charge >= 0.3 is 0 Å². The lowest BCUT2D eigenvalue weighted by atomic mass is 10.0. The van der Waals surface area contributed by atoms with Gasteiger partial charge in [-0.05, 0) is 37.0 Å². The van der Waals surface area contributed by atoms with Crippen molar-refractivity contribution in [1.82, 2.24) is 5.32 Å². The summed E-state index contributed by atoms with van der Waals surface area (Å²) in [5.41, 5.74) is 0.578. The minimum Gasteiger partial charge on any atom is -0.493 e.